The maximum atomic E-state index is 13.0. The van der Waals surface area contributed by atoms with Gasteiger partial charge in [-0.2, -0.15) is 0 Å². The fraction of sp³-hybridized carbons (Fsp3) is 0.333. The van der Waals surface area contributed by atoms with Crippen LogP contribution in [0.25, 0.3) is 16.7 Å². The van der Waals surface area contributed by atoms with E-state index in [1.165, 1.54) is 0 Å². The van der Waals surface area contributed by atoms with E-state index < -0.39 is 0 Å². The van der Waals surface area contributed by atoms with Gasteiger partial charge in [-0.25, -0.2) is 0 Å². The predicted octanol–water partition coefficient (Wildman–Crippen LogP) is 3.51. The van der Waals surface area contributed by atoms with Gasteiger partial charge in [0.15, 0.2) is 0 Å². The minimum absolute atomic E-state index is 0.0482. The van der Waals surface area contributed by atoms with Crippen LogP contribution >= 0.6 is 0 Å². The number of aryl methyl sites for hydroxylation is 1. The largest absolute Gasteiger partial charge is 0.350 e. The number of carbonyl (C=O) groups excluding carboxylic acids is 1. The number of nitrogens with zero attached hydrogens (tertiary/aromatic N) is 4. The van der Waals surface area contributed by atoms with Crippen LogP contribution in [0.5, 0.6) is 0 Å². The Morgan fingerprint density at radius 3 is 2.45 bits per heavy atom. The van der Waals surface area contributed by atoms with Gasteiger partial charge in [0.05, 0.1) is 16.9 Å². The highest BCUT2D eigenvalue weighted by Gasteiger charge is 2.18. The van der Waals surface area contributed by atoms with E-state index in [-0.39, 0.29) is 29.8 Å². The van der Waals surface area contributed by atoms with Crippen molar-refractivity contribution in [3.05, 3.63) is 76.3 Å². The lowest BCUT2D eigenvalue weighted by Crippen LogP contribution is -2.27. The third-order valence-electron chi connectivity index (χ3n) is 5.38. The number of hydrogen-bond acceptors (Lipinski definition) is 4. The molecule has 0 fully saturated rings. The summed E-state index contributed by atoms with van der Waals surface area (Å²) in [7, 11) is 0. The molecule has 0 aliphatic carbocycles. The van der Waals surface area contributed by atoms with Crippen molar-refractivity contribution in [1.29, 1.82) is 0 Å². The SMILES string of the molecule is CC(C)Cn1c(=O)c2ccccc2n2c(CCC(=O)N[C@@H](C)c3ccccc3)nnc12. The molecule has 4 aromatic rings. The second-order valence-corrected chi connectivity index (χ2v) is 8.28. The van der Waals surface area contributed by atoms with Gasteiger partial charge in [-0.15, -0.1) is 10.2 Å². The van der Waals surface area contributed by atoms with Gasteiger partial charge < -0.3 is 5.32 Å². The van der Waals surface area contributed by atoms with Crippen LogP contribution in [-0.4, -0.2) is 25.1 Å². The molecule has 1 atom stereocenters. The second kappa shape index (κ2) is 8.71. The lowest BCUT2D eigenvalue weighted by atomic mass is 10.1. The number of carbonyl (C=O) groups is 1. The average molecular weight is 418 g/mol. The van der Waals surface area contributed by atoms with Crippen molar-refractivity contribution >= 4 is 22.6 Å². The molecule has 0 unspecified atom stereocenters. The number of aromatic nitrogens is 4. The molecule has 160 valence electrons. The number of hydrogen-bond donors (Lipinski definition) is 1. The summed E-state index contributed by atoms with van der Waals surface area (Å²) in [6, 6.07) is 17.3. The van der Waals surface area contributed by atoms with Crippen LogP contribution in [0, 0.1) is 5.92 Å². The summed E-state index contributed by atoms with van der Waals surface area (Å²) in [5, 5.41) is 12.3. The Hall–Kier alpha value is -3.48. The standard InChI is InChI=1S/C24H27N5O2/c1-16(2)15-28-23(31)19-11-7-8-12-20(19)29-21(26-27-24(28)29)13-14-22(30)25-17(3)18-9-5-4-6-10-18/h4-12,16-17H,13-15H2,1-3H3,(H,25,30)/t17-/m0/s1. The van der Waals surface area contributed by atoms with Gasteiger partial charge in [0.25, 0.3) is 5.56 Å². The summed E-state index contributed by atoms with van der Waals surface area (Å²) in [6.07, 6.45) is 0.716. The summed E-state index contributed by atoms with van der Waals surface area (Å²) in [5.41, 5.74) is 1.76. The Morgan fingerprint density at radius 2 is 1.71 bits per heavy atom. The molecule has 0 radical (unpaired) electrons. The topological polar surface area (TPSA) is 81.3 Å². The van der Waals surface area contributed by atoms with Crippen LogP contribution in [0.15, 0.2) is 59.4 Å². The van der Waals surface area contributed by atoms with E-state index in [0.29, 0.717) is 30.0 Å². The van der Waals surface area contributed by atoms with Gasteiger partial charge in [-0.3, -0.25) is 18.6 Å². The Labute approximate surface area is 180 Å². The highest BCUT2D eigenvalue weighted by atomic mass is 16.1. The van der Waals surface area contributed by atoms with Crippen molar-refractivity contribution in [2.45, 2.75) is 46.2 Å². The molecule has 0 aliphatic rings. The van der Waals surface area contributed by atoms with Crippen LogP contribution < -0.4 is 10.9 Å². The van der Waals surface area contributed by atoms with Crippen molar-refractivity contribution < 1.29 is 4.79 Å². The highest BCUT2D eigenvalue weighted by Crippen LogP contribution is 2.17. The maximum absolute atomic E-state index is 13.0. The van der Waals surface area contributed by atoms with E-state index in [4.69, 9.17) is 0 Å². The van der Waals surface area contributed by atoms with E-state index in [1.807, 2.05) is 65.9 Å². The molecule has 1 amide bonds. The molecule has 0 saturated heterocycles. The molecule has 2 aromatic heterocycles. The first-order valence-electron chi connectivity index (χ1n) is 10.7. The van der Waals surface area contributed by atoms with E-state index in [0.717, 1.165) is 11.1 Å². The van der Waals surface area contributed by atoms with Gasteiger partial charge >= 0.3 is 0 Å². The first-order chi connectivity index (χ1) is 15.0. The zero-order valence-corrected chi connectivity index (χ0v) is 18.1. The summed E-state index contributed by atoms with van der Waals surface area (Å²) in [5.74, 6) is 1.43. The minimum Gasteiger partial charge on any atom is -0.350 e. The molecule has 2 aromatic carbocycles. The summed E-state index contributed by atoms with van der Waals surface area (Å²) < 4.78 is 3.59. The monoisotopic (exact) mass is 417 g/mol. The van der Waals surface area contributed by atoms with Crippen molar-refractivity contribution in [3.63, 3.8) is 0 Å². The first-order valence-corrected chi connectivity index (χ1v) is 10.7. The predicted molar refractivity (Wildman–Crippen MR) is 121 cm³/mol. The van der Waals surface area contributed by atoms with Gasteiger partial charge in [-0.1, -0.05) is 56.3 Å². The molecular weight excluding hydrogens is 390 g/mol. The molecule has 7 heteroatoms. The van der Waals surface area contributed by atoms with E-state index in [1.54, 1.807) is 4.57 Å². The number of fused-ring (bicyclic) bond motifs is 3. The summed E-state index contributed by atoms with van der Waals surface area (Å²) >= 11 is 0. The highest BCUT2D eigenvalue weighted by molar-refractivity contribution is 5.80. The van der Waals surface area contributed by atoms with Gasteiger partial charge in [0.2, 0.25) is 11.7 Å². The number of rotatable bonds is 7. The molecule has 0 bridgehead atoms. The minimum atomic E-state index is -0.0686. The van der Waals surface area contributed by atoms with Crippen LogP contribution in [0.3, 0.4) is 0 Å². The lowest BCUT2D eigenvalue weighted by Gasteiger charge is -2.14. The fourth-order valence-electron chi connectivity index (χ4n) is 3.87. The molecule has 1 N–H and O–H groups in total. The number of para-hydroxylation sites is 1. The second-order valence-electron chi connectivity index (χ2n) is 8.28. The fourth-order valence-corrected chi connectivity index (χ4v) is 3.87. The van der Waals surface area contributed by atoms with Crippen LogP contribution in [0.1, 0.15) is 44.6 Å². The number of nitrogens with one attached hydrogen (secondary N) is 1. The first kappa shape index (κ1) is 20.8. The van der Waals surface area contributed by atoms with Crippen LogP contribution in [0.4, 0.5) is 0 Å². The zero-order valence-electron chi connectivity index (χ0n) is 18.1. The van der Waals surface area contributed by atoms with E-state index in [2.05, 4.69) is 29.4 Å². The lowest BCUT2D eigenvalue weighted by molar-refractivity contribution is -0.121. The summed E-state index contributed by atoms with van der Waals surface area (Å²) in [6.45, 7) is 6.65. The van der Waals surface area contributed by atoms with Crippen LogP contribution in [-0.2, 0) is 17.8 Å². The number of benzene rings is 2. The average Bonchev–Trinajstić information content (AvgIpc) is 3.19. The third kappa shape index (κ3) is 4.21. The third-order valence-corrected chi connectivity index (χ3v) is 5.38. The molecule has 0 saturated carbocycles. The maximum Gasteiger partial charge on any atom is 0.262 e. The van der Waals surface area contributed by atoms with Crippen molar-refractivity contribution in [2.24, 2.45) is 5.92 Å². The molecular formula is C24H27N5O2. The molecule has 7 nitrogen and oxygen atoms in total. The van der Waals surface area contributed by atoms with Crippen molar-refractivity contribution in [2.75, 3.05) is 0 Å². The van der Waals surface area contributed by atoms with E-state index >= 15 is 0 Å². The van der Waals surface area contributed by atoms with Crippen molar-refractivity contribution in [1.82, 2.24) is 24.5 Å². The molecule has 0 aliphatic heterocycles. The zero-order chi connectivity index (χ0) is 22.0. The molecule has 4 rings (SSSR count). The normalized spacial score (nSPS) is 12.5. The quantitative estimate of drug-likeness (QED) is 0.499. The molecule has 0 spiro atoms. The summed E-state index contributed by atoms with van der Waals surface area (Å²) in [4.78, 5) is 25.6. The molecule has 31 heavy (non-hydrogen) atoms. The van der Waals surface area contributed by atoms with Crippen molar-refractivity contribution in [3.8, 4) is 0 Å². The Balaban J connectivity index is 1.62. The molecule has 2 heterocycles. The Morgan fingerprint density at radius 1 is 1.00 bits per heavy atom. The smallest absolute Gasteiger partial charge is 0.262 e. The Kier molecular flexibility index (Phi) is 5.84. The van der Waals surface area contributed by atoms with Gasteiger partial charge in [0.1, 0.15) is 5.82 Å². The van der Waals surface area contributed by atoms with E-state index in [9.17, 15) is 9.59 Å². The number of amides is 1. The Bertz CT molecular complexity index is 1270. The van der Waals surface area contributed by atoms with Gasteiger partial charge in [-0.05, 0) is 30.5 Å². The van der Waals surface area contributed by atoms with Gasteiger partial charge in [0, 0.05) is 19.4 Å². The van der Waals surface area contributed by atoms with Crippen LogP contribution in [0.2, 0.25) is 0 Å².